The Hall–Kier alpha value is -1.75. The molecule has 1 aromatic carbocycles. The number of nitrogens with one attached hydrogen (secondary N) is 1. The number of aliphatic carboxylic acids is 1. The van der Waals surface area contributed by atoms with Gasteiger partial charge >= 0.3 is 5.97 Å². The van der Waals surface area contributed by atoms with Gasteiger partial charge in [-0.1, -0.05) is 6.07 Å². The van der Waals surface area contributed by atoms with Crippen LogP contribution in [-0.2, 0) is 10.3 Å². The summed E-state index contributed by atoms with van der Waals surface area (Å²) in [5.41, 5.74) is -0.598. The number of phenolic OH excluding ortho intramolecular Hbond substituents is 1. The van der Waals surface area contributed by atoms with E-state index in [1.165, 1.54) is 13.2 Å². The summed E-state index contributed by atoms with van der Waals surface area (Å²) in [7, 11) is 1.44. The van der Waals surface area contributed by atoms with Gasteiger partial charge in [0.2, 0.25) is 0 Å². The van der Waals surface area contributed by atoms with Crippen molar-refractivity contribution in [1.29, 1.82) is 0 Å². The van der Waals surface area contributed by atoms with Crippen molar-refractivity contribution in [3.05, 3.63) is 23.8 Å². The number of hydrogen-bond acceptors (Lipinski definition) is 4. The molecule has 18 heavy (non-hydrogen) atoms. The predicted octanol–water partition coefficient (Wildman–Crippen LogP) is 1.45. The van der Waals surface area contributed by atoms with E-state index in [1.807, 2.05) is 0 Å². The van der Waals surface area contributed by atoms with E-state index in [0.717, 1.165) is 12.8 Å². The second-order valence-electron chi connectivity index (χ2n) is 4.74. The molecular weight excluding hydrogens is 234 g/mol. The minimum atomic E-state index is -1.16. The molecule has 0 amide bonds. The molecule has 1 atom stereocenters. The van der Waals surface area contributed by atoms with Gasteiger partial charge in [0, 0.05) is 6.04 Å². The van der Waals surface area contributed by atoms with Gasteiger partial charge in [0.15, 0.2) is 11.5 Å². The predicted molar refractivity (Wildman–Crippen MR) is 65.8 cm³/mol. The molecule has 1 fully saturated rings. The highest BCUT2D eigenvalue weighted by Gasteiger charge is 2.40. The number of ether oxygens (including phenoxy) is 1. The number of hydrogen-bond donors (Lipinski definition) is 3. The maximum atomic E-state index is 11.5. The van der Waals surface area contributed by atoms with E-state index in [4.69, 9.17) is 4.74 Å². The third-order valence-electron chi connectivity index (χ3n) is 3.25. The van der Waals surface area contributed by atoms with E-state index in [1.54, 1.807) is 19.1 Å². The fourth-order valence-electron chi connectivity index (χ4n) is 1.89. The first-order valence-corrected chi connectivity index (χ1v) is 5.86. The summed E-state index contributed by atoms with van der Waals surface area (Å²) in [5, 5.41) is 22.1. The van der Waals surface area contributed by atoms with Gasteiger partial charge in [0.05, 0.1) is 7.11 Å². The highest BCUT2D eigenvalue weighted by atomic mass is 16.5. The van der Waals surface area contributed by atoms with Crippen molar-refractivity contribution >= 4 is 5.97 Å². The van der Waals surface area contributed by atoms with E-state index in [-0.39, 0.29) is 17.5 Å². The summed E-state index contributed by atoms with van der Waals surface area (Å²) in [4.78, 5) is 11.5. The minimum absolute atomic E-state index is 0.000380. The minimum Gasteiger partial charge on any atom is -0.504 e. The Kier molecular flexibility index (Phi) is 3.17. The lowest BCUT2D eigenvalue weighted by Gasteiger charge is -2.27. The van der Waals surface area contributed by atoms with Crippen LogP contribution in [0.2, 0.25) is 0 Å². The molecule has 1 aliphatic carbocycles. The molecule has 0 heterocycles. The van der Waals surface area contributed by atoms with Crippen molar-refractivity contribution in [1.82, 2.24) is 5.32 Å². The monoisotopic (exact) mass is 251 g/mol. The van der Waals surface area contributed by atoms with Gasteiger partial charge in [0.25, 0.3) is 0 Å². The lowest BCUT2D eigenvalue weighted by Crippen LogP contribution is -2.47. The molecule has 98 valence electrons. The number of aromatic hydroxyl groups is 1. The fourth-order valence-corrected chi connectivity index (χ4v) is 1.89. The smallest absolute Gasteiger partial charge is 0.328 e. The van der Waals surface area contributed by atoms with Crippen molar-refractivity contribution in [2.45, 2.75) is 31.3 Å². The first-order valence-electron chi connectivity index (χ1n) is 5.86. The second kappa shape index (κ2) is 4.49. The lowest BCUT2D eigenvalue weighted by atomic mass is 9.91. The van der Waals surface area contributed by atoms with Crippen molar-refractivity contribution in [3.63, 3.8) is 0 Å². The summed E-state index contributed by atoms with van der Waals surface area (Å²) >= 11 is 0. The molecular formula is C13H17NO4. The van der Waals surface area contributed by atoms with Crippen molar-refractivity contribution in [2.24, 2.45) is 0 Å². The number of carboxylic acid groups (broad SMARTS) is 1. The third-order valence-corrected chi connectivity index (χ3v) is 3.25. The average Bonchev–Trinajstić information content (AvgIpc) is 3.13. The van der Waals surface area contributed by atoms with Gasteiger partial charge < -0.3 is 14.9 Å². The second-order valence-corrected chi connectivity index (χ2v) is 4.74. The Balaban J connectivity index is 2.38. The zero-order valence-corrected chi connectivity index (χ0v) is 10.4. The molecule has 1 unspecified atom stereocenters. The molecule has 0 aromatic heterocycles. The number of benzene rings is 1. The van der Waals surface area contributed by atoms with Gasteiger partial charge in [-0.05, 0) is 37.5 Å². The number of rotatable bonds is 5. The molecule has 3 N–H and O–H groups in total. The Morgan fingerprint density at radius 2 is 2.17 bits per heavy atom. The van der Waals surface area contributed by atoms with Crippen molar-refractivity contribution in [2.75, 3.05) is 7.11 Å². The van der Waals surface area contributed by atoms with E-state index < -0.39 is 11.5 Å². The molecule has 5 nitrogen and oxygen atoms in total. The molecule has 5 heteroatoms. The summed E-state index contributed by atoms with van der Waals surface area (Å²) in [6.07, 6.45) is 2.00. The highest BCUT2D eigenvalue weighted by molar-refractivity contribution is 5.80. The van der Waals surface area contributed by atoms with Crippen LogP contribution in [0, 0.1) is 0 Å². The normalized spacial score (nSPS) is 18.1. The van der Waals surface area contributed by atoms with Gasteiger partial charge in [-0.2, -0.15) is 0 Å². The maximum Gasteiger partial charge on any atom is 0.328 e. The van der Waals surface area contributed by atoms with Crippen LogP contribution in [0.1, 0.15) is 25.3 Å². The Morgan fingerprint density at radius 3 is 2.67 bits per heavy atom. The van der Waals surface area contributed by atoms with E-state index in [2.05, 4.69) is 5.32 Å². The third kappa shape index (κ3) is 2.26. The van der Waals surface area contributed by atoms with Gasteiger partial charge in [-0.15, -0.1) is 0 Å². The van der Waals surface area contributed by atoms with Gasteiger partial charge in [0.1, 0.15) is 5.54 Å². The standard InChI is InChI=1S/C13H17NO4/c1-13(12(16)17,14-9-4-5-9)8-3-6-10(15)11(7-8)18-2/h3,6-7,9,14-15H,4-5H2,1-2H3,(H,16,17). The molecule has 0 radical (unpaired) electrons. The first kappa shape index (κ1) is 12.7. The highest BCUT2D eigenvalue weighted by Crippen LogP contribution is 2.34. The van der Waals surface area contributed by atoms with Crippen LogP contribution in [0.4, 0.5) is 0 Å². The molecule has 1 saturated carbocycles. The zero-order valence-electron chi connectivity index (χ0n) is 10.4. The molecule has 0 bridgehead atoms. The van der Waals surface area contributed by atoms with Crippen LogP contribution in [0.15, 0.2) is 18.2 Å². The SMILES string of the molecule is COc1cc(C(C)(NC2CC2)C(=O)O)ccc1O. The Morgan fingerprint density at radius 1 is 1.50 bits per heavy atom. The maximum absolute atomic E-state index is 11.5. The number of carboxylic acids is 1. The van der Waals surface area contributed by atoms with Crippen LogP contribution < -0.4 is 10.1 Å². The summed E-state index contributed by atoms with van der Waals surface area (Å²) in [6, 6.07) is 4.86. The quantitative estimate of drug-likeness (QED) is 0.738. The molecule has 2 rings (SSSR count). The summed E-state index contributed by atoms with van der Waals surface area (Å²) < 4.78 is 5.01. The molecule has 1 aromatic rings. The molecule has 0 saturated heterocycles. The van der Waals surface area contributed by atoms with Crippen LogP contribution in [0.25, 0.3) is 0 Å². The van der Waals surface area contributed by atoms with Crippen molar-refractivity contribution in [3.8, 4) is 11.5 Å². The Bertz CT molecular complexity index is 470. The topological polar surface area (TPSA) is 78.8 Å². The van der Waals surface area contributed by atoms with Crippen molar-refractivity contribution < 1.29 is 19.7 Å². The fraction of sp³-hybridized carbons (Fsp3) is 0.462. The van der Waals surface area contributed by atoms with Crippen LogP contribution in [-0.4, -0.2) is 29.3 Å². The molecule has 0 aliphatic heterocycles. The van der Waals surface area contributed by atoms with Gasteiger partial charge in [-0.25, -0.2) is 4.79 Å². The van der Waals surface area contributed by atoms with Crippen LogP contribution >= 0.6 is 0 Å². The van der Waals surface area contributed by atoms with E-state index in [9.17, 15) is 15.0 Å². The zero-order chi connectivity index (χ0) is 13.3. The van der Waals surface area contributed by atoms with E-state index in [0.29, 0.717) is 5.56 Å². The van der Waals surface area contributed by atoms with Crippen LogP contribution in [0.5, 0.6) is 11.5 Å². The molecule has 0 spiro atoms. The Labute approximate surface area is 105 Å². The van der Waals surface area contributed by atoms with E-state index >= 15 is 0 Å². The number of methoxy groups -OCH3 is 1. The summed E-state index contributed by atoms with van der Waals surface area (Å²) in [6.45, 7) is 1.62. The summed E-state index contributed by atoms with van der Waals surface area (Å²) in [5.74, 6) is -0.667. The van der Waals surface area contributed by atoms with Gasteiger partial charge in [-0.3, -0.25) is 5.32 Å². The lowest BCUT2D eigenvalue weighted by molar-refractivity contribution is -0.144. The largest absolute Gasteiger partial charge is 0.504 e. The number of phenols is 1. The first-order chi connectivity index (χ1) is 8.47. The average molecular weight is 251 g/mol. The van der Waals surface area contributed by atoms with Crippen LogP contribution in [0.3, 0.4) is 0 Å². The number of carbonyl (C=O) groups is 1. The molecule has 1 aliphatic rings.